The molecule has 0 amide bonds. The molecule has 0 N–H and O–H groups in total. The zero-order valence-electron chi connectivity index (χ0n) is 14.2. The largest absolute Gasteiger partial charge is 0.497 e. The maximum Gasteiger partial charge on any atom is 0.119 e. The van der Waals surface area contributed by atoms with Crippen molar-refractivity contribution >= 4 is 22.6 Å². The van der Waals surface area contributed by atoms with Gasteiger partial charge in [0, 0.05) is 9.49 Å². The normalized spacial score (nSPS) is 10.9. The fourth-order valence-electron chi connectivity index (χ4n) is 2.94. The summed E-state index contributed by atoms with van der Waals surface area (Å²) in [4.78, 5) is 0. The maximum absolute atomic E-state index is 5.37. The summed E-state index contributed by atoms with van der Waals surface area (Å²) < 4.78 is 6.59. The number of hydrogen-bond acceptors (Lipinski definition) is 1. The van der Waals surface area contributed by atoms with E-state index in [-0.39, 0.29) is 5.92 Å². The van der Waals surface area contributed by atoms with E-state index in [0.717, 1.165) is 5.75 Å². The molecule has 0 atom stereocenters. The average Bonchev–Trinajstić information content (AvgIpc) is 2.59. The zero-order valence-corrected chi connectivity index (χ0v) is 16.4. The highest BCUT2D eigenvalue weighted by atomic mass is 127. The maximum atomic E-state index is 5.37. The number of hydrogen-bond donors (Lipinski definition) is 0. The first-order valence-electron chi connectivity index (χ1n) is 8.05. The highest BCUT2D eigenvalue weighted by molar-refractivity contribution is 14.1. The van der Waals surface area contributed by atoms with Gasteiger partial charge in [-0.15, -0.1) is 0 Å². The molecule has 3 rings (SSSR count). The smallest absolute Gasteiger partial charge is 0.119 e. The van der Waals surface area contributed by atoms with E-state index in [1.54, 1.807) is 7.11 Å². The van der Waals surface area contributed by atoms with E-state index in [9.17, 15) is 0 Å². The quantitative estimate of drug-likeness (QED) is 0.361. The van der Waals surface area contributed by atoms with Gasteiger partial charge in [0.15, 0.2) is 0 Å². The van der Waals surface area contributed by atoms with Crippen molar-refractivity contribution in [1.29, 1.82) is 0 Å². The minimum absolute atomic E-state index is 0.226. The minimum Gasteiger partial charge on any atom is -0.497 e. The van der Waals surface area contributed by atoms with Crippen molar-refractivity contribution in [2.75, 3.05) is 7.11 Å². The fourth-order valence-corrected chi connectivity index (χ4v) is 3.74. The molecule has 0 saturated heterocycles. The Morgan fingerprint density at radius 2 is 1.25 bits per heavy atom. The summed E-state index contributed by atoms with van der Waals surface area (Å²) in [5.41, 5.74) is 6.50. The van der Waals surface area contributed by atoms with E-state index >= 15 is 0 Å². The highest BCUT2D eigenvalue weighted by Gasteiger charge is 2.19. The molecule has 3 aromatic carbocycles. The van der Waals surface area contributed by atoms with Gasteiger partial charge in [-0.2, -0.15) is 0 Å². The first-order valence-corrected chi connectivity index (χ1v) is 9.13. The summed E-state index contributed by atoms with van der Waals surface area (Å²) in [5.74, 6) is 1.12. The summed E-state index contributed by atoms with van der Waals surface area (Å²) in [5, 5.41) is 0. The molecule has 122 valence electrons. The van der Waals surface area contributed by atoms with Gasteiger partial charge in [0.25, 0.3) is 0 Å². The van der Waals surface area contributed by atoms with Crippen LogP contribution in [0.5, 0.6) is 5.75 Å². The monoisotopic (exact) mass is 428 g/mol. The molecule has 0 bridgehead atoms. The Morgan fingerprint density at radius 3 is 1.67 bits per heavy atom. The number of halogens is 1. The second-order valence-electron chi connectivity index (χ2n) is 6.14. The van der Waals surface area contributed by atoms with Crippen molar-refractivity contribution < 1.29 is 4.74 Å². The lowest BCUT2D eigenvalue weighted by Crippen LogP contribution is -2.06. The van der Waals surface area contributed by atoms with Crippen molar-refractivity contribution in [3.8, 4) is 5.75 Å². The van der Waals surface area contributed by atoms with Crippen molar-refractivity contribution in [2.24, 2.45) is 0 Å². The van der Waals surface area contributed by atoms with E-state index < -0.39 is 0 Å². The van der Waals surface area contributed by atoms with E-state index in [4.69, 9.17) is 4.74 Å². The third-order valence-electron chi connectivity index (χ3n) is 4.34. The molecular formula is C22H21IO. The van der Waals surface area contributed by atoms with Crippen molar-refractivity contribution in [3.63, 3.8) is 0 Å². The molecule has 0 saturated carbocycles. The zero-order chi connectivity index (χ0) is 17.1. The Balaban J connectivity index is 2.14. The van der Waals surface area contributed by atoms with Gasteiger partial charge < -0.3 is 4.74 Å². The molecule has 3 aromatic rings. The molecule has 0 heterocycles. The topological polar surface area (TPSA) is 9.23 Å². The Kier molecular flexibility index (Phi) is 5.24. The Bertz CT molecular complexity index is 774. The lowest BCUT2D eigenvalue weighted by molar-refractivity contribution is 0.414. The van der Waals surface area contributed by atoms with Gasteiger partial charge in [0.2, 0.25) is 0 Å². The van der Waals surface area contributed by atoms with Gasteiger partial charge in [0.05, 0.1) is 7.11 Å². The van der Waals surface area contributed by atoms with Crippen LogP contribution in [0.4, 0.5) is 0 Å². The van der Waals surface area contributed by atoms with Gasteiger partial charge in [-0.3, -0.25) is 0 Å². The third kappa shape index (κ3) is 3.64. The van der Waals surface area contributed by atoms with Crippen LogP contribution in [0, 0.1) is 17.4 Å². The molecule has 0 aromatic heterocycles. The molecule has 0 spiro atoms. The number of aryl methyl sites for hydroxylation is 2. The number of ether oxygens (including phenoxy) is 1. The summed E-state index contributed by atoms with van der Waals surface area (Å²) in [7, 11) is 1.71. The van der Waals surface area contributed by atoms with Gasteiger partial charge in [-0.25, -0.2) is 0 Å². The van der Waals surface area contributed by atoms with Crippen LogP contribution >= 0.6 is 22.6 Å². The third-order valence-corrected chi connectivity index (χ3v) is 5.27. The first kappa shape index (κ1) is 17.0. The van der Waals surface area contributed by atoms with Crippen LogP contribution in [0.25, 0.3) is 0 Å². The molecule has 24 heavy (non-hydrogen) atoms. The summed E-state index contributed by atoms with van der Waals surface area (Å²) in [6.07, 6.45) is 0. The van der Waals surface area contributed by atoms with Crippen molar-refractivity contribution in [2.45, 2.75) is 19.8 Å². The molecule has 0 fully saturated rings. The number of rotatable bonds is 4. The van der Waals surface area contributed by atoms with Crippen LogP contribution < -0.4 is 4.74 Å². The Labute approximate surface area is 157 Å². The number of methoxy groups -OCH3 is 1. The SMILES string of the molecule is COc1ccc(C(c2ccc(C)cc2)c2ccc(C)cc2)c(I)c1. The van der Waals surface area contributed by atoms with E-state index in [0.29, 0.717) is 0 Å². The van der Waals surface area contributed by atoms with Crippen LogP contribution in [0.2, 0.25) is 0 Å². The first-order chi connectivity index (χ1) is 11.6. The molecule has 0 unspecified atom stereocenters. The predicted octanol–water partition coefficient (Wildman–Crippen LogP) is 6.10. The molecule has 0 aliphatic rings. The van der Waals surface area contributed by atoms with Crippen LogP contribution in [0.3, 0.4) is 0 Å². The Morgan fingerprint density at radius 1 is 0.750 bits per heavy atom. The molecule has 0 aliphatic carbocycles. The second kappa shape index (κ2) is 7.39. The number of benzene rings is 3. The second-order valence-corrected chi connectivity index (χ2v) is 7.30. The molecule has 1 nitrogen and oxygen atoms in total. The molecule has 0 aliphatic heterocycles. The molecule has 0 radical (unpaired) electrons. The summed E-state index contributed by atoms with van der Waals surface area (Å²) in [6.45, 7) is 4.25. The average molecular weight is 428 g/mol. The van der Waals surface area contributed by atoms with Gasteiger partial charge >= 0.3 is 0 Å². The molecular weight excluding hydrogens is 407 g/mol. The minimum atomic E-state index is 0.226. The highest BCUT2D eigenvalue weighted by Crippen LogP contribution is 2.36. The van der Waals surface area contributed by atoms with Gasteiger partial charge in [0.1, 0.15) is 5.75 Å². The molecule has 2 heteroatoms. The standard InChI is InChI=1S/C22H21IO/c1-15-4-8-17(9-5-15)22(18-10-6-16(2)7-11-18)20-13-12-19(24-3)14-21(20)23/h4-14,22H,1-3H3. The van der Waals surface area contributed by atoms with Crippen LogP contribution in [-0.2, 0) is 0 Å². The lowest BCUT2D eigenvalue weighted by Gasteiger charge is -2.21. The fraction of sp³-hybridized carbons (Fsp3) is 0.182. The predicted molar refractivity (Wildman–Crippen MR) is 109 cm³/mol. The Hall–Kier alpha value is -1.81. The van der Waals surface area contributed by atoms with Gasteiger partial charge in [-0.05, 0) is 65.3 Å². The van der Waals surface area contributed by atoms with Crippen LogP contribution in [-0.4, -0.2) is 7.11 Å². The van der Waals surface area contributed by atoms with E-state index in [2.05, 4.69) is 97.1 Å². The van der Waals surface area contributed by atoms with Gasteiger partial charge in [-0.1, -0.05) is 65.7 Å². The lowest BCUT2D eigenvalue weighted by atomic mass is 9.84. The van der Waals surface area contributed by atoms with Crippen molar-refractivity contribution in [3.05, 3.63) is 98.1 Å². The van der Waals surface area contributed by atoms with E-state index in [1.807, 2.05) is 6.07 Å². The van der Waals surface area contributed by atoms with Crippen molar-refractivity contribution in [1.82, 2.24) is 0 Å². The van der Waals surface area contributed by atoms with Crippen LogP contribution in [0.1, 0.15) is 33.7 Å². The van der Waals surface area contributed by atoms with Crippen LogP contribution in [0.15, 0.2) is 66.7 Å². The summed E-state index contributed by atoms with van der Waals surface area (Å²) >= 11 is 2.41. The van der Waals surface area contributed by atoms with E-state index in [1.165, 1.54) is 31.4 Å². The summed E-state index contributed by atoms with van der Waals surface area (Å²) in [6, 6.07) is 24.0.